The number of aromatic nitrogens is 1. The Morgan fingerprint density at radius 2 is 1.74 bits per heavy atom. The minimum Gasteiger partial charge on any atom is -0.450 e. The molecule has 3 rings (SSSR count). The fraction of sp³-hybridized carbons (Fsp3) is 0.350. The first kappa shape index (κ1) is 19.2. The van der Waals surface area contributed by atoms with Crippen LogP contribution >= 0.6 is 11.6 Å². The van der Waals surface area contributed by atoms with Crippen molar-refractivity contribution in [3.05, 3.63) is 64.9 Å². The number of amides is 2. The molecule has 0 N–H and O–H groups in total. The van der Waals surface area contributed by atoms with Gasteiger partial charge in [0.1, 0.15) is 5.92 Å². The Morgan fingerprint density at radius 3 is 2.33 bits per heavy atom. The molecule has 0 bridgehead atoms. The largest absolute Gasteiger partial charge is 0.450 e. The van der Waals surface area contributed by atoms with E-state index in [0.29, 0.717) is 43.5 Å². The van der Waals surface area contributed by atoms with Crippen molar-refractivity contribution in [3.8, 4) is 0 Å². The summed E-state index contributed by atoms with van der Waals surface area (Å²) >= 11 is 6.00. The number of hydrogen-bond donors (Lipinski definition) is 0. The Bertz CT molecular complexity index is 775. The molecule has 7 heteroatoms. The number of benzene rings is 1. The molecule has 0 radical (unpaired) electrons. The van der Waals surface area contributed by atoms with Gasteiger partial charge in [-0.1, -0.05) is 29.8 Å². The van der Waals surface area contributed by atoms with E-state index in [-0.39, 0.29) is 12.0 Å². The Morgan fingerprint density at radius 1 is 1.07 bits per heavy atom. The third-order valence-electron chi connectivity index (χ3n) is 4.55. The van der Waals surface area contributed by atoms with Crippen molar-refractivity contribution in [1.82, 2.24) is 14.8 Å². The highest BCUT2D eigenvalue weighted by atomic mass is 35.5. The number of ether oxygens (including phenoxy) is 1. The minimum atomic E-state index is -0.502. The van der Waals surface area contributed by atoms with Crippen molar-refractivity contribution in [1.29, 1.82) is 0 Å². The molecule has 27 heavy (non-hydrogen) atoms. The molecule has 1 fully saturated rings. The van der Waals surface area contributed by atoms with Gasteiger partial charge < -0.3 is 14.5 Å². The van der Waals surface area contributed by atoms with Crippen LogP contribution in [0.15, 0.2) is 48.7 Å². The predicted molar refractivity (Wildman–Crippen MR) is 103 cm³/mol. The van der Waals surface area contributed by atoms with E-state index in [4.69, 9.17) is 16.3 Å². The van der Waals surface area contributed by atoms with E-state index in [9.17, 15) is 9.59 Å². The van der Waals surface area contributed by atoms with Crippen molar-refractivity contribution < 1.29 is 14.3 Å². The van der Waals surface area contributed by atoms with E-state index >= 15 is 0 Å². The normalized spacial score (nSPS) is 15.3. The molecule has 6 nitrogen and oxygen atoms in total. The molecule has 1 aliphatic heterocycles. The van der Waals surface area contributed by atoms with Crippen molar-refractivity contribution in [2.75, 3.05) is 32.8 Å². The number of carbonyl (C=O) groups excluding carboxylic acids is 2. The first-order valence-electron chi connectivity index (χ1n) is 8.97. The van der Waals surface area contributed by atoms with Gasteiger partial charge in [0.25, 0.3) is 0 Å². The van der Waals surface area contributed by atoms with E-state index < -0.39 is 5.92 Å². The number of halogens is 1. The van der Waals surface area contributed by atoms with Gasteiger partial charge in [-0.15, -0.1) is 0 Å². The lowest BCUT2D eigenvalue weighted by Crippen LogP contribution is -2.51. The lowest BCUT2D eigenvalue weighted by Gasteiger charge is -2.35. The van der Waals surface area contributed by atoms with Crippen LogP contribution in [-0.2, 0) is 9.53 Å². The standard InChI is InChI=1S/C20H22ClN3O3/c1-2-27-20(26)24-13-11-23(12-14-24)19(25)18(17-5-3-4-10-22-17)15-6-8-16(21)9-7-15/h3-10,18H,2,11-14H2,1H3. The first-order valence-corrected chi connectivity index (χ1v) is 9.35. The maximum atomic E-state index is 13.3. The number of pyridine rings is 1. The first-order chi connectivity index (χ1) is 13.1. The summed E-state index contributed by atoms with van der Waals surface area (Å²) < 4.78 is 5.04. The summed E-state index contributed by atoms with van der Waals surface area (Å²) in [5.74, 6) is -0.530. The molecule has 2 amide bonds. The molecule has 1 aliphatic rings. The molecule has 0 aliphatic carbocycles. The second-order valence-electron chi connectivity index (χ2n) is 6.25. The van der Waals surface area contributed by atoms with Gasteiger partial charge in [0, 0.05) is 37.4 Å². The van der Waals surface area contributed by atoms with E-state index in [2.05, 4.69) is 4.98 Å². The van der Waals surface area contributed by atoms with Crippen LogP contribution in [0.4, 0.5) is 4.79 Å². The van der Waals surface area contributed by atoms with Gasteiger partial charge in [-0.05, 0) is 36.8 Å². The molecule has 2 aromatic rings. The third kappa shape index (κ3) is 4.57. The summed E-state index contributed by atoms with van der Waals surface area (Å²) in [6, 6.07) is 12.8. The molecule has 0 spiro atoms. The summed E-state index contributed by atoms with van der Waals surface area (Å²) in [5, 5.41) is 0.619. The van der Waals surface area contributed by atoms with Crippen LogP contribution in [-0.4, -0.2) is 59.6 Å². The van der Waals surface area contributed by atoms with Gasteiger partial charge in [-0.3, -0.25) is 9.78 Å². The second kappa shape index (κ2) is 8.86. The van der Waals surface area contributed by atoms with Gasteiger partial charge >= 0.3 is 6.09 Å². The summed E-state index contributed by atoms with van der Waals surface area (Å²) in [5.41, 5.74) is 1.54. The zero-order valence-corrected chi connectivity index (χ0v) is 15.9. The zero-order chi connectivity index (χ0) is 19.2. The van der Waals surface area contributed by atoms with Gasteiger partial charge in [0.05, 0.1) is 12.3 Å². The van der Waals surface area contributed by atoms with Gasteiger partial charge in [-0.2, -0.15) is 0 Å². The van der Waals surface area contributed by atoms with Crippen LogP contribution in [0.25, 0.3) is 0 Å². The van der Waals surface area contributed by atoms with E-state index in [1.165, 1.54) is 0 Å². The Balaban J connectivity index is 1.78. The molecule has 1 saturated heterocycles. The highest BCUT2D eigenvalue weighted by molar-refractivity contribution is 6.30. The smallest absolute Gasteiger partial charge is 0.409 e. The maximum Gasteiger partial charge on any atom is 0.409 e. The number of nitrogens with zero attached hydrogens (tertiary/aromatic N) is 3. The molecule has 1 unspecified atom stereocenters. The van der Waals surface area contributed by atoms with Crippen molar-refractivity contribution >= 4 is 23.6 Å². The minimum absolute atomic E-state index is 0.0282. The Hall–Kier alpha value is -2.60. The van der Waals surface area contributed by atoms with Gasteiger partial charge in [0.15, 0.2) is 0 Å². The summed E-state index contributed by atoms with van der Waals surface area (Å²) in [7, 11) is 0. The molecule has 142 valence electrons. The number of hydrogen-bond acceptors (Lipinski definition) is 4. The molecule has 0 saturated carbocycles. The highest BCUT2D eigenvalue weighted by Gasteiger charge is 2.32. The maximum absolute atomic E-state index is 13.3. The number of rotatable bonds is 4. The molecular weight excluding hydrogens is 366 g/mol. The average molecular weight is 388 g/mol. The van der Waals surface area contributed by atoms with Crippen LogP contribution in [0, 0.1) is 0 Å². The summed E-state index contributed by atoms with van der Waals surface area (Å²) in [6.07, 6.45) is 1.35. The SMILES string of the molecule is CCOC(=O)N1CCN(C(=O)C(c2ccc(Cl)cc2)c2ccccn2)CC1. The van der Waals surface area contributed by atoms with Gasteiger partial charge in [-0.25, -0.2) is 4.79 Å². The van der Waals surface area contributed by atoms with E-state index in [0.717, 1.165) is 5.56 Å². The number of carbonyl (C=O) groups is 2. The topological polar surface area (TPSA) is 62.7 Å². The summed E-state index contributed by atoms with van der Waals surface area (Å²) in [4.78, 5) is 33.0. The fourth-order valence-electron chi connectivity index (χ4n) is 3.15. The quantitative estimate of drug-likeness (QED) is 0.808. The van der Waals surface area contributed by atoms with Crippen molar-refractivity contribution in [3.63, 3.8) is 0 Å². The van der Waals surface area contributed by atoms with Crippen LogP contribution < -0.4 is 0 Å². The average Bonchev–Trinajstić information content (AvgIpc) is 2.71. The lowest BCUT2D eigenvalue weighted by atomic mass is 9.93. The monoisotopic (exact) mass is 387 g/mol. The fourth-order valence-corrected chi connectivity index (χ4v) is 3.27. The Labute approximate surface area is 163 Å². The van der Waals surface area contributed by atoms with E-state index in [1.54, 1.807) is 35.1 Å². The van der Waals surface area contributed by atoms with Crippen LogP contribution in [0.3, 0.4) is 0 Å². The molecular formula is C20H22ClN3O3. The van der Waals surface area contributed by atoms with Crippen molar-refractivity contribution in [2.24, 2.45) is 0 Å². The molecule has 1 atom stereocenters. The van der Waals surface area contributed by atoms with Crippen molar-refractivity contribution in [2.45, 2.75) is 12.8 Å². The van der Waals surface area contributed by atoms with Gasteiger partial charge in [0.2, 0.25) is 5.91 Å². The third-order valence-corrected chi connectivity index (χ3v) is 4.80. The second-order valence-corrected chi connectivity index (χ2v) is 6.69. The van der Waals surface area contributed by atoms with E-state index in [1.807, 2.05) is 30.3 Å². The number of piperazine rings is 1. The molecule has 1 aromatic carbocycles. The zero-order valence-electron chi connectivity index (χ0n) is 15.2. The van der Waals surface area contributed by atoms with Crippen LogP contribution in [0.2, 0.25) is 5.02 Å². The summed E-state index contributed by atoms with van der Waals surface area (Å²) in [6.45, 7) is 3.97. The molecule has 1 aromatic heterocycles. The van der Waals surface area contributed by atoms with Crippen LogP contribution in [0.5, 0.6) is 0 Å². The van der Waals surface area contributed by atoms with Crippen LogP contribution in [0.1, 0.15) is 24.1 Å². The molecule has 2 heterocycles. The highest BCUT2D eigenvalue weighted by Crippen LogP contribution is 2.27. The lowest BCUT2D eigenvalue weighted by molar-refractivity contribution is -0.133. The Kier molecular flexibility index (Phi) is 6.29. The predicted octanol–water partition coefficient (Wildman–Crippen LogP) is 3.17.